The van der Waals surface area contributed by atoms with E-state index < -0.39 is 0 Å². The van der Waals surface area contributed by atoms with Crippen LogP contribution in [0.25, 0.3) is 0 Å². The van der Waals surface area contributed by atoms with Gasteiger partial charge in [-0.25, -0.2) is 4.99 Å². The van der Waals surface area contributed by atoms with Gasteiger partial charge < -0.3 is 0 Å². The highest BCUT2D eigenvalue weighted by atomic mass is 32.2. The molecule has 1 spiro atoms. The molecule has 1 aromatic rings. The Balaban J connectivity index is 1.76. The first kappa shape index (κ1) is 11.0. The molecule has 1 aromatic carbocycles. The summed E-state index contributed by atoms with van der Waals surface area (Å²) in [4.78, 5) is 4.55. The van der Waals surface area contributed by atoms with Gasteiger partial charge in [0.05, 0.1) is 5.69 Å². The molecule has 0 unspecified atom stereocenters. The van der Waals surface area contributed by atoms with Gasteiger partial charge in [0.1, 0.15) is 4.87 Å². The smallest absolute Gasteiger partial charge is 0.211 e. The average molecular weight is 245 g/mol. The number of thioether (sulfide) groups is 1. The molecule has 4 heteroatoms. The zero-order chi connectivity index (χ0) is 11.6. The Kier molecular flexibility index (Phi) is 2.97. The van der Waals surface area contributed by atoms with Crippen molar-refractivity contribution in [3.05, 3.63) is 30.3 Å². The van der Waals surface area contributed by atoms with E-state index in [1.807, 2.05) is 30.3 Å². The van der Waals surface area contributed by atoms with Crippen LogP contribution in [0.1, 0.15) is 32.1 Å². The number of azo groups is 1. The van der Waals surface area contributed by atoms with E-state index in [0.717, 1.165) is 23.7 Å². The van der Waals surface area contributed by atoms with Crippen LogP contribution in [0.15, 0.2) is 45.6 Å². The lowest BCUT2D eigenvalue weighted by atomic mass is 9.95. The summed E-state index contributed by atoms with van der Waals surface area (Å²) in [5, 5.41) is 9.52. The van der Waals surface area contributed by atoms with Crippen LogP contribution in [0.5, 0.6) is 0 Å². The maximum absolute atomic E-state index is 4.53. The predicted octanol–water partition coefficient (Wildman–Crippen LogP) is 4.53. The van der Waals surface area contributed by atoms with Crippen LogP contribution in [0.4, 0.5) is 5.69 Å². The molecule has 1 fully saturated rings. The number of rotatable bonds is 1. The number of amidine groups is 1. The van der Waals surface area contributed by atoms with Crippen molar-refractivity contribution in [2.45, 2.75) is 37.0 Å². The molecular weight excluding hydrogens is 230 g/mol. The van der Waals surface area contributed by atoms with E-state index in [-0.39, 0.29) is 4.87 Å². The van der Waals surface area contributed by atoms with Crippen molar-refractivity contribution in [2.24, 2.45) is 15.2 Å². The van der Waals surface area contributed by atoms with E-state index in [2.05, 4.69) is 15.2 Å². The Bertz CT molecular complexity index is 447. The Labute approximate surface area is 105 Å². The first-order valence-corrected chi connectivity index (χ1v) is 6.94. The Morgan fingerprint density at radius 3 is 2.59 bits per heavy atom. The SMILES string of the molecule is c1ccc(N=C2N=NC3(CCCCC3)S2)cc1. The summed E-state index contributed by atoms with van der Waals surface area (Å²) in [5.41, 5.74) is 0.960. The van der Waals surface area contributed by atoms with Crippen molar-refractivity contribution in [3.8, 4) is 0 Å². The second-order valence-electron chi connectivity index (χ2n) is 4.54. The molecule has 3 rings (SSSR count). The molecule has 88 valence electrons. The average Bonchev–Trinajstić information content (AvgIpc) is 2.74. The summed E-state index contributed by atoms with van der Waals surface area (Å²) < 4.78 is 0. The number of aliphatic imine (C=N–C) groups is 1. The van der Waals surface area contributed by atoms with E-state index in [9.17, 15) is 0 Å². The van der Waals surface area contributed by atoms with Crippen LogP contribution >= 0.6 is 11.8 Å². The van der Waals surface area contributed by atoms with Crippen LogP contribution in [-0.4, -0.2) is 10.0 Å². The largest absolute Gasteiger partial charge is 0.222 e. The van der Waals surface area contributed by atoms with Crippen molar-refractivity contribution >= 4 is 22.6 Å². The van der Waals surface area contributed by atoms with E-state index in [4.69, 9.17) is 0 Å². The van der Waals surface area contributed by atoms with Gasteiger partial charge in [-0.2, -0.15) is 5.11 Å². The fourth-order valence-electron chi connectivity index (χ4n) is 2.31. The van der Waals surface area contributed by atoms with Gasteiger partial charge >= 0.3 is 0 Å². The number of hydrogen-bond acceptors (Lipinski definition) is 3. The molecular formula is C13H15N3S. The van der Waals surface area contributed by atoms with Crippen LogP contribution in [0.3, 0.4) is 0 Å². The van der Waals surface area contributed by atoms with Crippen LogP contribution in [0, 0.1) is 0 Å². The first-order valence-electron chi connectivity index (χ1n) is 6.12. The molecule has 0 radical (unpaired) electrons. The lowest BCUT2D eigenvalue weighted by molar-refractivity contribution is 0.404. The predicted molar refractivity (Wildman–Crippen MR) is 71.8 cm³/mol. The molecule has 17 heavy (non-hydrogen) atoms. The summed E-state index contributed by atoms with van der Waals surface area (Å²) in [6.07, 6.45) is 6.17. The summed E-state index contributed by atoms with van der Waals surface area (Å²) in [6, 6.07) is 9.97. The lowest BCUT2D eigenvalue weighted by Crippen LogP contribution is -2.22. The number of para-hydroxylation sites is 1. The minimum atomic E-state index is 0.0197. The zero-order valence-electron chi connectivity index (χ0n) is 9.67. The van der Waals surface area contributed by atoms with E-state index >= 15 is 0 Å². The summed E-state index contributed by atoms with van der Waals surface area (Å²) in [5.74, 6) is 0. The highest BCUT2D eigenvalue weighted by Crippen LogP contribution is 2.46. The monoisotopic (exact) mass is 245 g/mol. The highest BCUT2D eigenvalue weighted by molar-refractivity contribution is 8.15. The third kappa shape index (κ3) is 2.41. The minimum absolute atomic E-state index is 0.0197. The van der Waals surface area contributed by atoms with Crippen molar-refractivity contribution in [2.75, 3.05) is 0 Å². The fourth-order valence-corrected chi connectivity index (χ4v) is 3.46. The van der Waals surface area contributed by atoms with E-state index in [1.54, 1.807) is 11.8 Å². The minimum Gasteiger partial charge on any atom is -0.222 e. The first-order chi connectivity index (χ1) is 8.36. The molecule has 3 nitrogen and oxygen atoms in total. The van der Waals surface area contributed by atoms with Crippen LogP contribution in [-0.2, 0) is 0 Å². The van der Waals surface area contributed by atoms with Gasteiger partial charge in [-0.1, -0.05) is 49.2 Å². The maximum atomic E-state index is 4.53. The second kappa shape index (κ2) is 4.61. The standard InChI is InChI=1S/C13H15N3S/c1-3-7-11(8-4-1)14-12-15-16-13(17-12)9-5-2-6-10-13/h1,3-4,7-8H,2,5-6,9-10H2. The van der Waals surface area contributed by atoms with Crippen LogP contribution in [0.2, 0.25) is 0 Å². The Hall–Kier alpha value is -1.16. The molecule has 1 saturated carbocycles. The van der Waals surface area contributed by atoms with Gasteiger partial charge in [-0.05, 0) is 25.0 Å². The topological polar surface area (TPSA) is 37.1 Å². The van der Waals surface area contributed by atoms with Crippen molar-refractivity contribution in [1.82, 2.24) is 0 Å². The normalized spacial score (nSPS) is 24.6. The molecule has 1 aliphatic carbocycles. The molecule has 0 atom stereocenters. The quantitative estimate of drug-likeness (QED) is 0.716. The number of benzene rings is 1. The summed E-state index contributed by atoms with van der Waals surface area (Å²) >= 11 is 1.75. The molecule has 1 heterocycles. The molecule has 1 aliphatic heterocycles. The third-order valence-corrected chi connectivity index (χ3v) is 4.44. The van der Waals surface area contributed by atoms with Crippen LogP contribution < -0.4 is 0 Å². The van der Waals surface area contributed by atoms with Gasteiger partial charge in [0.25, 0.3) is 0 Å². The molecule has 0 saturated heterocycles. The zero-order valence-corrected chi connectivity index (χ0v) is 10.5. The Morgan fingerprint density at radius 2 is 1.82 bits per heavy atom. The molecule has 0 amide bonds. The van der Waals surface area contributed by atoms with Gasteiger partial charge in [-0.15, -0.1) is 5.11 Å². The lowest BCUT2D eigenvalue weighted by Gasteiger charge is -2.26. The van der Waals surface area contributed by atoms with Crippen molar-refractivity contribution in [1.29, 1.82) is 0 Å². The summed E-state index contributed by atoms with van der Waals surface area (Å²) in [6.45, 7) is 0. The third-order valence-electron chi connectivity index (χ3n) is 3.21. The maximum Gasteiger partial charge on any atom is 0.211 e. The Morgan fingerprint density at radius 1 is 1.06 bits per heavy atom. The summed E-state index contributed by atoms with van der Waals surface area (Å²) in [7, 11) is 0. The number of nitrogens with zero attached hydrogens (tertiary/aromatic N) is 3. The number of hydrogen-bond donors (Lipinski definition) is 0. The van der Waals surface area contributed by atoms with Gasteiger partial charge in [0.15, 0.2) is 0 Å². The molecule has 2 aliphatic rings. The van der Waals surface area contributed by atoms with Crippen molar-refractivity contribution in [3.63, 3.8) is 0 Å². The van der Waals surface area contributed by atoms with Gasteiger partial charge in [-0.3, -0.25) is 0 Å². The van der Waals surface area contributed by atoms with E-state index in [0.29, 0.717) is 0 Å². The highest BCUT2D eigenvalue weighted by Gasteiger charge is 2.38. The molecule has 0 N–H and O–H groups in total. The fraction of sp³-hybridized carbons (Fsp3) is 0.462. The van der Waals surface area contributed by atoms with Gasteiger partial charge in [0.2, 0.25) is 5.17 Å². The van der Waals surface area contributed by atoms with Gasteiger partial charge in [0, 0.05) is 0 Å². The van der Waals surface area contributed by atoms with E-state index in [1.165, 1.54) is 19.3 Å². The molecule has 0 aromatic heterocycles. The second-order valence-corrected chi connectivity index (χ2v) is 5.87. The van der Waals surface area contributed by atoms with Crippen molar-refractivity contribution < 1.29 is 0 Å². The molecule has 0 bridgehead atoms.